The Bertz CT molecular complexity index is 1320. The topological polar surface area (TPSA) is 147 Å². The lowest BCUT2D eigenvalue weighted by Crippen LogP contribution is -2.52. The van der Waals surface area contributed by atoms with E-state index >= 15 is 0 Å². The van der Waals surface area contributed by atoms with Crippen LogP contribution >= 0.6 is 0 Å². The number of esters is 2. The monoisotopic (exact) mass is 681 g/mol. The van der Waals surface area contributed by atoms with Crippen LogP contribution in [0.1, 0.15) is 79.7 Å². The smallest absolute Gasteiger partial charge is 0.309 e. The van der Waals surface area contributed by atoms with E-state index in [1.807, 2.05) is 38.1 Å². The molecule has 1 aromatic rings. The zero-order valence-electron chi connectivity index (χ0n) is 30.3. The lowest BCUT2D eigenvalue weighted by Gasteiger charge is -2.32. The van der Waals surface area contributed by atoms with Crippen LogP contribution in [0.5, 0.6) is 0 Å². The maximum atomic E-state index is 12.9. The molecule has 270 valence electrons. The van der Waals surface area contributed by atoms with Crippen molar-refractivity contribution >= 4 is 25.2 Å². The number of rotatable bonds is 13. The summed E-state index contributed by atoms with van der Waals surface area (Å²) in [6, 6.07) is 7.09. The maximum Gasteiger partial charge on any atom is 0.309 e. The van der Waals surface area contributed by atoms with E-state index in [4.69, 9.17) is 26.8 Å². The van der Waals surface area contributed by atoms with Gasteiger partial charge in [0.05, 0.1) is 36.4 Å². The first-order valence-corrected chi connectivity index (χ1v) is 17.3. The third-order valence-corrected chi connectivity index (χ3v) is 9.69. The molecule has 0 aromatic heterocycles. The van der Waals surface area contributed by atoms with Gasteiger partial charge in [0.15, 0.2) is 0 Å². The number of carbonyl (C=O) groups is 2. The first-order valence-electron chi connectivity index (χ1n) is 17.3. The largest absolute Gasteiger partial charge is 0.457 e. The first-order chi connectivity index (χ1) is 23.0. The van der Waals surface area contributed by atoms with Crippen LogP contribution in [0, 0.1) is 11.8 Å². The summed E-state index contributed by atoms with van der Waals surface area (Å²) in [5, 5.41) is 37.0. The van der Waals surface area contributed by atoms with E-state index in [1.54, 1.807) is 51.3 Å². The summed E-state index contributed by atoms with van der Waals surface area (Å²) in [5.41, 5.74) is -0.433. The summed E-state index contributed by atoms with van der Waals surface area (Å²) < 4.78 is 23.1. The molecule has 0 aliphatic carbocycles. The fourth-order valence-corrected chi connectivity index (χ4v) is 6.53. The Morgan fingerprint density at radius 2 is 1.90 bits per heavy atom. The SMILES string of the molecule is [B]c1ccc(CNC(C2OC2C(C)C(CC)OC)C(C)(O)C=CC=C(C)C2OC(=O)CC(O)CCC(C)(O)C(OC(C)=O)C=CC2C)cc1. The molecule has 11 atom stereocenters. The van der Waals surface area contributed by atoms with Crippen molar-refractivity contribution in [2.24, 2.45) is 11.8 Å². The van der Waals surface area contributed by atoms with Gasteiger partial charge in [0.1, 0.15) is 31.8 Å². The van der Waals surface area contributed by atoms with Crippen LogP contribution in [0.3, 0.4) is 0 Å². The number of allylic oxidation sites excluding steroid dienone is 2. The number of ether oxygens (including phenoxy) is 4. The van der Waals surface area contributed by atoms with Gasteiger partial charge < -0.3 is 39.6 Å². The minimum atomic E-state index is -1.46. The zero-order valence-corrected chi connectivity index (χ0v) is 30.3. The molecule has 0 spiro atoms. The molecule has 10 nitrogen and oxygen atoms in total. The van der Waals surface area contributed by atoms with Gasteiger partial charge in [0, 0.05) is 32.4 Å². The fraction of sp³-hybridized carbons (Fsp3) is 0.632. The molecule has 1 fully saturated rings. The van der Waals surface area contributed by atoms with Crippen molar-refractivity contribution in [1.29, 1.82) is 0 Å². The van der Waals surface area contributed by atoms with E-state index in [1.165, 1.54) is 6.92 Å². The Morgan fingerprint density at radius 3 is 2.51 bits per heavy atom. The van der Waals surface area contributed by atoms with Crippen molar-refractivity contribution < 1.29 is 43.9 Å². The van der Waals surface area contributed by atoms with Crippen LogP contribution in [0.4, 0.5) is 0 Å². The average molecular weight is 682 g/mol. The number of carbonyl (C=O) groups excluding carboxylic acids is 2. The normalized spacial score (nSPS) is 31.5. The van der Waals surface area contributed by atoms with Crippen LogP contribution in [0.25, 0.3) is 0 Å². The van der Waals surface area contributed by atoms with Gasteiger partial charge in [-0.15, -0.1) is 0 Å². The molecule has 2 aliphatic rings. The number of hydrogen-bond donors (Lipinski definition) is 4. The van der Waals surface area contributed by atoms with Crippen LogP contribution < -0.4 is 10.8 Å². The summed E-state index contributed by atoms with van der Waals surface area (Å²) in [5.74, 6) is -1.38. The van der Waals surface area contributed by atoms with Gasteiger partial charge in [-0.25, -0.2) is 0 Å². The van der Waals surface area contributed by atoms with Gasteiger partial charge in [0.2, 0.25) is 0 Å². The third kappa shape index (κ3) is 11.9. The number of aliphatic hydroxyl groups is 3. The van der Waals surface area contributed by atoms with Gasteiger partial charge in [-0.1, -0.05) is 74.8 Å². The van der Waals surface area contributed by atoms with Gasteiger partial charge in [0.25, 0.3) is 0 Å². The van der Waals surface area contributed by atoms with E-state index in [2.05, 4.69) is 19.2 Å². The van der Waals surface area contributed by atoms with Crippen molar-refractivity contribution in [3.63, 3.8) is 0 Å². The lowest BCUT2D eigenvalue weighted by molar-refractivity contribution is -0.157. The Morgan fingerprint density at radius 1 is 1.22 bits per heavy atom. The van der Waals surface area contributed by atoms with Crippen LogP contribution in [-0.2, 0) is 35.1 Å². The van der Waals surface area contributed by atoms with Crippen molar-refractivity contribution in [3.05, 3.63) is 65.8 Å². The van der Waals surface area contributed by atoms with Gasteiger partial charge in [-0.3, -0.25) is 9.59 Å². The molecule has 11 unspecified atom stereocenters. The molecule has 2 radical (unpaired) electrons. The molecule has 49 heavy (non-hydrogen) atoms. The number of hydrogen-bond acceptors (Lipinski definition) is 10. The second-order valence-electron chi connectivity index (χ2n) is 14.1. The van der Waals surface area contributed by atoms with E-state index in [0.717, 1.165) is 12.0 Å². The number of aliphatic hydroxyl groups excluding tert-OH is 1. The maximum absolute atomic E-state index is 12.9. The van der Waals surface area contributed by atoms with E-state index in [9.17, 15) is 24.9 Å². The van der Waals surface area contributed by atoms with E-state index in [-0.39, 0.29) is 49.4 Å². The first kappa shape index (κ1) is 40.6. The highest BCUT2D eigenvalue weighted by Crippen LogP contribution is 2.39. The number of methoxy groups -OCH3 is 1. The van der Waals surface area contributed by atoms with Crippen molar-refractivity contribution in [2.75, 3.05) is 7.11 Å². The highest BCUT2D eigenvalue weighted by Gasteiger charge is 2.54. The fourth-order valence-electron chi connectivity index (χ4n) is 6.53. The molecule has 1 saturated heterocycles. The van der Waals surface area contributed by atoms with Gasteiger partial charge in [-0.2, -0.15) is 0 Å². The minimum Gasteiger partial charge on any atom is -0.457 e. The molecule has 0 saturated carbocycles. The summed E-state index contributed by atoms with van der Waals surface area (Å²) in [4.78, 5) is 24.7. The Balaban J connectivity index is 1.87. The quantitative estimate of drug-likeness (QED) is 0.0804. The van der Waals surface area contributed by atoms with E-state index in [0.29, 0.717) is 17.6 Å². The number of epoxide rings is 1. The Kier molecular flexibility index (Phi) is 14.9. The molecule has 4 N–H and O–H groups in total. The lowest BCUT2D eigenvalue weighted by atomic mass is 9.87. The molecule has 3 rings (SSSR count). The molecule has 2 aliphatic heterocycles. The molecule has 0 amide bonds. The molecule has 1 aromatic carbocycles. The predicted molar refractivity (Wildman–Crippen MR) is 189 cm³/mol. The average Bonchev–Trinajstić information content (AvgIpc) is 3.81. The molecular weight excluding hydrogens is 625 g/mol. The van der Waals surface area contributed by atoms with Crippen LogP contribution in [0.15, 0.2) is 60.2 Å². The highest BCUT2D eigenvalue weighted by atomic mass is 16.6. The molecule has 2 heterocycles. The zero-order chi connectivity index (χ0) is 36.5. The van der Waals surface area contributed by atoms with Crippen molar-refractivity contribution in [1.82, 2.24) is 5.32 Å². The highest BCUT2D eigenvalue weighted by molar-refractivity contribution is 6.32. The van der Waals surface area contributed by atoms with Gasteiger partial charge >= 0.3 is 11.9 Å². The predicted octanol–water partition coefficient (Wildman–Crippen LogP) is 3.35. The summed E-state index contributed by atoms with van der Waals surface area (Å²) in [6.07, 6.45) is 6.33. The van der Waals surface area contributed by atoms with Gasteiger partial charge in [-0.05, 0) is 57.2 Å². The summed E-state index contributed by atoms with van der Waals surface area (Å²) >= 11 is 0. The van der Waals surface area contributed by atoms with Crippen molar-refractivity contribution in [2.45, 2.75) is 135 Å². The second kappa shape index (κ2) is 17.9. The second-order valence-corrected chi connectivity index (χ2v) is 14.1. The van der Waals surface area contributed by atoms with Crippen LogP contribution in [0.2, 0.25) is 0 Å². The minimum absolute atomic E-state index is 0.0278. The summed E-state index contributed by atoms with van der Waals surface area (Å²) in [7, 11) is 7.57. The van der Waals surface area contributed by atoms with Crippen molar-refractivity contribution in [3.8, 4) is 0 Å². The molecule has 0 bridgehead atoms. The number of benzene rings is 1. The molecule has 11 heteroatoms. The Hall–Kier alpha value is -2.80. The molecular formula is C38H56BNO9. The summed E-state index contributed by atoms with van der Waals surface area (Å²) in [6.45, 7) is 12.9. The Labute approximate surface area is 293 Å². The standard InChI is InChI=1S/C38H56BNO9/c1-9-30(46-8)25(4)34-35(49-34)36(40-22-27-13-15-28(39)16-14-27)38(7,45)19-10-11-23(2)33-24(3)12-17-31(47-26(5)41)37(6,44)20-18-29(42)21-32(43)48-33/h10-17,19,24-25,29-31,33-36,40,42,44-45H,9,18,20-22H2,1-8H3. The van der Waals surface area contributed by atoms with E-state index < -0.39 is 47.5 Å². The number of cyclic esters (lactones) is 1. The van der Waals surface area contributed by atoms with Crippen LogP contribution in [-0.4, -0.2) is 96.1 Å². The third-order valence-electron chi connectivity index (χ3n) is 9.69. The number of nitrogens with one attached hydrogen (secondary N) is 1.